The molecule has 2 aromatic heterocycles. The van der Waals surface area contributed by atoms with Gasteiger partial charge in [0.25, 0.3) is 0 Å². The predicted octanol–water partition coefficient (Wildman–Crippen LogP) is 8.10. The SMILES string of the molecule is CN1CCN(Cc2ccc(NC(=O)Nc3ccc(-c4cn(CC(C)(C)O)c5ncnc(N(C(=O)OC(C)(C)C)C(=O)OC(C)(C)C)c45)cc3F)cc2C(F)(F)F)CC1. The van der Waals surface area contributed by atoms with E-state index >= 15 is 4.39 Å². The van der Waals surface area contributed by atoms with Crippen LogP contribution >= 0.6 is 0 Å². The molecule has 1 aliphatic heterocycles. The summed E-state index contributed by atoms with van der Waals surface area (Å²) in [7, 11) is 1.95. The van der Waals surface area contributed by atoms with E-state index < -0.39 is 52.6 Å². The summed E-state index contributed by atoms with van der Waals surface area (Å²) in [5, 5.41) is 15.6. The van der Waals surface area contributed by atoms with E-state index in [9.17, 15) is 32.7 Å². The monoisotopic (exact) mass is 814 g/mol. The molecule has 3 N–H and O–H groups in total. The van der Waals surface area contributed by atoms with Gasteiger partial charge in [-0.2, -0.15) is 18.1 Å². The lowest BCUT2D eigenvalue weighted by molar-refractivity contribution is -0.138. The molecule has 1 aliphatic rings. The van der Waals surface area contributed by atoms with Crippen molar-refractivity contribution in [3.05, 3.63) is 65.9 Å². The Morgan fingerprint density at radius 2 is 1.48 bits per heavy atom. The first-order valence-electron chi connectivity index (χ1n) is 18.6. The molecule has 314 valence electrons. The van der Waals surface area contributed by atoms with Crippen LogP contribution in [0.5, 0.6) is 0 Å². The maximum Gasteiger partial charge on any atom is 0.425 e. The molecule has 0 saturated carbocycles. The molecule has 14 nitrogen and oxygen atoms in total. The highest BCUT2D eigenvalue weighted by Gasteiger charge is 2.37. The largest absolute Gasteiger partial charge is 0.443 e. The van der Waals surface area contributed by atoms with E-state index in [0.717, 1.165) is 31.5 Å². The maximum absolute atomic E-state index is 15.9. The Hall–Kier alpha value is -5.33. The van der Waals surface area contributed by atoms with Crippen molar-refractivity contribution in [3.63, 3.8) is 0 Å². The Morgan fingerprint density at radius 3 is 2.03 bits per heavy atom. The third-order valence-corrected chi connectivity index (χ3v) is 8.75. The lowest BCUT2D eigenvalue weighted by Crippen LogP contribution is -2.44. The second-order valence-corrected chi connectivity index (χ2v) is 16.9. The standard InChI is InChI=1S/C40H50F4N8O6/c1-37(2,3)57-35(54)52(36(55)58-38(4,5)6)33-31-27(21-51(22-39(7,8)56)32(31)45-23-46-33)24-11-13-30(29(41)18-24)48-34(53)47-26-12-10-25(28(19-26)40(42,43)44)20-50-16-14-49(9)15-17-50/h10-13,18-19,21,23,56H,14-17,20,22H2,1-9H3,(H2,47,48,53). The zero-order valence-electron chi connectivity index (χ0n) is 34.0. The molecule has 4 aromatic rings. The molecule has 0 spiro atoms. The number of piperazine rings is 1. The van der Waals surface area contributed by atoms with Crippen LogP contribution in [-0.4, -0.2) is 97.7 Å². The number of ether oxygens (including phenoxy) is 2. The number of carbonyl (C=O) groups excluding carboxylic acids is 3. The predicted molar refractivity (Wildman–Crippen MR) is 211 cm³/mol. The molecule has 18 heteroatoms. The van der Waals surface area contributed by atoms with Crippen molar-refractivity contribution in [3.8, 4) is 11.1 Å². The number of anilines is 3. The van der Waals surface area contributed by atoms with E-state index in [4.69, 9.17) is 9.47 Å². The lowest BCUT2D eigenvalue weighted by Gasteiger charge is -2.33. The van der Waals surface area contributed by atoms with E-state index in [2.05, 4.69) is 25.5 Å². The fourth-order valence-electron chi connectivity index (χ4n) is 6.27. The minimum Gasteiger partial charge on any atom is -0.443 e. The number of hydrogen-bond acceptors (Lipinski definition) is 10. The molecule has 0 bridgehead atoms. The highest BCUT2D eigenvalue weighted by atomic mass is 19.4. The number of benzene rings is 2. The third kappa shape index (κ3) is 11.2. The molecule has 4 amide bonds. The number of carbonyl (C=O) groups is 3. The van der Waals surface area contributed by atoms with Crippen LogP contribution in [0.15, 0.2) is 48.9 Å². The molecule has 1 fully saturated rings. The maximum atomic E-state index is 15.9. The molecule has 1 saturated heterocycles. The summed E-state index contributed by atoms with van der Waals surface area (Å²) in [5.74, 6) is -1.17. The zero-order chi connectivity index (χ0) is 43.0. The van der Waals surface area contributed by atoms with E-state index in [1.165, 1.54) is 24.3 Å². The van der Waals surface area contributed by atoms with E-state index in [1.807, 2.05) is 11.9 Å². The van der Waals surface area contributed by atoms with Gasteiger partial charge in [-0.3, -0.25) is 4.90 Å². The fourth-order valence-corrected chi connectivity index (χ4v) is 6.27. The number of alkyl halides is 3. The zero-order valence-corrected chi connectivity index (χ0v) is 34.0. The van der Waals surface area contributed by atoms with Crippen LogP contribution in [0, 0.1) is 5.82 Å². The van der Waals surface area contributed by atoms with Crippen molar-refractivity contribution in [2.75, 3.05) is 48.8 Å². The van der Waals surface area contributed by atoms with Crippen LogP contribution in [0.3, 0.4) is 0 Å². The number of nitrogens with zero attached hydrogens (tertiary/aromatic N) is 6. The summed E-state index contributed by atoms with van der Waals surface area (Å²) in [6.45, 7) is 15.6. The molecule has 0 atom stereocenters. The minimum absolute atomic E-state index is 0.0198. The number of halogens is 4. The van der Waals surface area contributed by atoms with Crippen molar-refractivity contribution >= 4 is 46.4 Å². The molecule has 2 aromatic carbocycles. The minimum atomic E-state index is -4.68. The second-order valence-electron chi connectivity index (χ2n) is 16.9. The number of likely N-dealkylation sites (N-methyl/N-ethyl adjacent to an activating group) is 1. The summed E-state index contributed by atoms with van der Waals surface area (Å²) in [5.41, 5.74) is -4.00. The first-order chi connectivity index (χ1) is 26.8. The van der Waals surface area contributed by atoms with Gasteiger partial charge in [0.2, 0.25) is 0 Å². The van der Waals surface area contributed by atoms with Crippen LogP contribution in [-0.2, 0) is 28.7 Å². The Morgan fingerprint density at radius 1 is 0.862 bits per heavy atom. The molecule has 3 heterocycles. The summed E-state index contributed by atoms with van der Waals surface area (Å²) in [6.07, 6.45) is -4.23. The lowest BCUT2D eigenvalue weighted by atomic mass is 10.0. The van der Waals surface area contributed by atoms with Gasteiger partial charge >= 0.3 is 24.4 Å². The molecule has 0 unspecified atom stereocenters. The van der Waals surface area contributed by atoms with Gasteiger partial charge in [0, 0.05) is 50.2 Å². The molecule has 0 aliphatic carbocycles. The summed E-state index contributed by atoms with van der Waals surface area (Å²) in [6, 6.07) is 6.31. The number of nitrogens with one attached hydrogen (secondary N) is 2. The number of amides is 4. The normalized spacial score (nSPS) is 14.7. The average Bonchev–Trinajstić information content (AvgIpc) is 3.43. The number of fused-ring (bicyclic) bond motifs is 1. The van der Waals surface area contributed by atoms with Crippen molar-refractivity contribution in [1.82, 2.24) is 24.3 Å². The Labute approximate surface area is 334 Å². The summed E-state index contributed by atoms with van der Waals surface area (Å²) >= 11 is 0. The van der Waals surface area contributed by atoms with E-state index in [1.54, 1.807) is 66.2 Å². The van der Waals surface area contributed by atoms with Gasteiger partial charge in [0.1, 0.15) is 29.0 Å². The first kappa shape index (κ1) is 43.8. The fraction of sp³-hybridized carbons (Fsp3) is 0.475. The topological polar surface area (TPSA) is 154 Å². The van der Waals surface area contributed by atoms with Crippen LogP contribution in [0.1, 0.15) is 66.5 Å². The van der Waals surface area contributed by atoms with Gasteiger partial charge in [-0.05, 0) is 97.8 Å². The Balaban J connectivity index is 1.48. The summed E-state index contributed by atoms with van der Waals surface area (Å²) < 4.78 is 71.0. The van der Waals surface area contributed by atoms with Crippen LogP contribution in [0.4, 0.5) is 49.1 Å². The Bertz CT molecular complexity index is 2140. The van der Waals surface area contributed by atoms with Gasteiger partial charge in [0.15, 0.2) is 5.82 Å². The molecule has 0 radical (unpaired) electrons. The number of aromatic nitrogens is 3. The highest BCUT2D eigenvalue weighted by molar-refractivity contribution is 6.16. The number of hydrogen-bond donors (Lipinski definition) is 3. The smallest absolute Gasteiger partial charge is 0.425 e. The van der Waals surface area contributed by atoms with Crippen molar-refractivity contribution in [2.45, 2.75) is 91.5 Å². The van der Waals surface area contributed by atoms with Crippen molar-refractivity contribution in [1.29, 1.82) is 0 Å². The number of imide groups is 1. The molecule has 5 rings (SSSR count). The first-order valence-corrected chi connectivity index (χ1v) is 18.6. The van der Waals surface area contributed by atoms with Crippen molar-refractivity contribution < 1.29 is 46.5 Å². The number of aliphatic hydroxyl groups is 1. The van der Waals surface area contributed by atoms with Crippen LogP contribution in [0.2, 0.25) is 0 Å². The number of rotatable bonds is 8. The van der Waals surface area contributed by atoms with Gasteiger partial charge in [-0.25, -0.2) is 28.7 Å². The number of urea groups is 1. The second kappa shape index (κ2) is 16.5. The van der Waals surface area contributed by atoms with Crippen LogP contribution in [0.25, 0.3) is 22.2 Å². The third-order valence-electron chi connectivity index (χ3n) is 8.75. The average molecular weight is 815 g/mol. The molecule has 58 heavy (non-hydrogen) atoms. The summed E-state index contributed by atoms with van der Waals surface area (Å²) in [4.78, 5) is 53.6. The highest BCUT2D eigenvalue weighted by Crippen LogP contribution is 2.39. The van der Waals surface area contributed by atoms with Gasteiger partial charge < -0.3 is 34.7 Å². The van der Waals surface area contributed by atoms with Gasteiger partial charge in [0.05, 0.1) is 28.8 Å². The quantitative estimate of drug-likeness (QED) is 0.149. The van der Waals surface area contributed by atoms with Crippen LogP contribution < -0.4 is 15.5 Å². The Kier molecular flexibility index (Phi) is 12.5. The van der Waals surface area contributed by atoms with E-state index in [-0.39, 0.29) is 58.0 Å². The van der Waals surface area contributed by atoms with E-state index in [0.29, 0.717) is 18.0 Å². The molecular formula is C40H50F4N8O6. The van der Waals surface area contributed by atoms with Gasteiger partial charge in [-0.15, -0.1) is 0 Å². The van der Waals surface area contributed by atoms with Gasteiger partial charge in [-0.1, -0.05) is 12.1 Å². The van der Waals surface area contributed by atoms with Crippen molar-refractivity contribution in [2.24, 2.45) is 0 Å². The molecular weight excluding hydrogens is 764 g/mol.